The van der Waals surface area contributed by atoms with Crippen LogP contribution in [0.3, 0.4) is 0 Å². The van der Waals surface area contributed by atoms with Gasteiger partial charge in [-0.1, -0.05) is 63.2 Å². The SMILES string of the molecule is CC(C)(C)c1ccc(-c2ncnc3ccccc23)cc1. The Hall–Kier alpha value is -2.22. The van der Waals surface area contributed by atoms with Crippen molar-refractivity contribution in [3.63, 3.8) is 0 Å². The predicted molar refractivity (Wildman–Crippen MR) is 83.7 cm³/mol. The number of hydrogen-bond acceptors (Lipinski definition) is 2. The summed E-state index contributed by atoms with van der Waals surface area (Å²) in [5.41, 5.74) is 4.62. The van der Waals surface area contributed by atoms with Crippen LogP contribution < -0.4 is 0 Å². The first kappa shape index (κ1) is 12.8. The molecule has 100 valence electrons. The standard InChI is InChI=1S/C18H18N2/c1-18(2,3)14-10-8-13(9-11-14)17-15-6-4-5-7-16(15)19-12-20-17/h4-12H,1-3H3. The summed E-state index contributed by atoms with van der Waals surface area (Å²) in [5.74, 6) is 0. The fourth-order valence-corrected chi connectivity index (χ4v) is 2.36. The van der Waals surface area contributed by atoms with E-state index in [0.717, 1.165) is 22.2 Å². The van der Waals surface area contributed by atoms with E-state index < -0.39 is 0 Å². The van der Waals surface area contributed by atoms with Crippen LogP contribution in [0.25, 0.3) is 22.2 Å². The summed E-state index contributed by atoms with van der Waals surface area (Å²) in [6.45, 7) is 6.67. The van der Waals surface area contributed by atoms with Crippen LogP contribution >= 0.6 is 0 Å². The zero-order chi connectivity index (χ0) is 14.2. The van der Waals surface area contributed by atoms with Gasteiger partial charge in [0.25, 0.3) is 0 Å². The maximum Gasteiger partial charge on any atom is 0.116 e. The quantitative estimate of drug-likeness (QED) is 0.640. The van der Waals surface area contributed by atoms with Crippen molar-refractivity contribution in [3.05, 3.63) is 60.4 Å². The molecule has 0 unspecified atom stereocenters. The molecule has 0 fully saturated rings. The summed E-state index contributed by atoms with van der Waals surface area (Å²) in [5, 5.41) is 1.10. The molecule has 0 saturated carbocycles. The van der Waals surface area contributed by atoms with Gasteiger partial charge in [-0.25, -0.2) is 9.97 Å². The molecule has 2 nitrogen and oxygen atoms in total. The molecule has 0 aliphatic heterocycles. The third-order valence-electron chi connectivity index (χ3n) is 3.57. The van der Waals surface area contributed by atoms with Crippen LogP contribution in [0.5, 0.6) is 0 Å². The highest BCUT2D eigenvalue weighted by molar-refractivity contribution is 5.91. The van der Waals surface area contributed by atoms with E-state index in [1.807, 2.05) is 18.2 Å². The van der Waals surface area contributed by atoms with Crippen molar-refractivity contribution in [2.45, 2.75) is 26.2 Å². The van der Waals surface area contributed by atoms with Gasteiger partial charge in [0.1, 0.15) is 6.33 Å². The predicted octanol–water partition coefficient (Wildman–Crippen LogP) is 4.59. The third-order valence-corrected chi connectivity index (χ3v) is 3.57. The van der Waals surface area contributed by atoms with Crippen molar-refractivity contribution in [2.24, 2.45) is 0 Å². The Balaban J connectivity index is 2.12. The number of benzene rings is 2. The lowest BCUT2D eigenvalue weighted by Crippen LogP contribution is -2.10. The van der Waals surface area contributed by atoms with Crippen molar-refractivity contribution in [1.29, 1.82) is 0 Å². The first-order valence-electron chi connectivity index (χ1n) is 6.86. The van der Waals surface area contributed by atoms with Gasteiger partial charge in [0.05, 0.1) is 11.2 Å². The Morgan fingerprint density at radius 2 is 1.50 bits per heavy atom. The van der Waals surface area contributed by atoms with Gasteiger partial charge in [-0.3, -0.25) is 0 Å². The maximum atomic E-state index is 4.46. The molecule has 1 aromatic heterocycles. The van der Waals surface area contributed by atoms with E-state index >= 15 is 0 Å². The largest absolute Gasteiger partial charge is 0.236 e. The topological polar surface area (TPSA) is 25.8 Å². The minimum absolute atomic E-state index is 0.173. The maximum absolute atomic E-state index is 4.46. The van der Waals surface area contributed by atoms with E-state index in [4.69, 9.17) is 0 Å². The molecular weight excluding hydrogens is 244 g/mol. The minimum Gasteiger partial charge on any atom is -0.236 e. The van der Waals surface area contributed by atoms with Gasteiger partial charge in [-0.15, -0.1) is 0 Å². The van der Waals surface area contributed by atoms with Gasteiger partial charge in [-0.2, -0.15) is 0 Å². The second-order valence-electron chi connectivity index (χ2n) is 6.07. The molecule has 2 aromatic carbocycles. The van der Waals surface area contributed by atoms with Gasteiger partial charge >= 0.3 is 0 Å². The van der Waals surface area contributed by atoms with E-state index in [0.29, 0.717) is 0 Å². The van der Waals surface area contributed by atoms with Gasteiger partial charge in [-0.05, 0) is 17.0 Å². The summed E-state index contributed by atoms with van der Waals surface area (Å²) in [4.78, 5) is 8.77. The molecule has 0 amide bonds. The molecule has 3 aromatic rings. The fraction of sp³-hybridized carbons (Fsp3) is 0.222. The lowest BCUT2D eigenvalue weighted by molar-refractivity contribution is 0.590. The molecule has 20 heavy (non-hydrogen) atoms. The molecule has 3 rings (SSSR count). The Bertz CT molecular complexity index is 732. The van der Waals surface area contributed by atoms with Crippen molar-refractivity contribution < 1.29 is 0 Å². The van der Waals surface area contributed by atoms with E-state index in [1.54, 1.807) is 6.33 Å². The summed E-state index contributed by atoms with van der Waals surface area (Å²) in [7, 11) is 0. The fourth-order valence-electron chi connectivity index (χ4n) is 2.36. The zero-order valence-electron chi connectivity index (χ0n) is 12.1. The van der Waals surface area contributed by atoms with Gasteiger partial charge in [0, 0.05) is 10.9 Å². The van der Waals surface area contributed by atoms with Gasteiger partial charge in [0.15, 0.2) is 0 Å². The van der Waals surface area contributed by atoms with Crippen LogP contribution in [-0.4, -0.2) is 9.97 Å². The highest BCUT2D eigenvalue weighted by Crippen LogP contribution is 2.28. The van der Waals surface area contributed by atoms with Crippen LogP contribution in [0.15, 0.2) is 54.9 Å². The molecule has 0 aliphatic carbocycles. The number of nitrogens with zero attached hydrogens (tertiary/aromatic N) is 2. The first-order chi connectivity index (χ1) is 9.55. The minimum atomic E-state index is 0.173. The monoisotopic (exact) mass is 262 g/mol. The van der Waals surface area contributed by atoms with Crippen molar-refractivity contribution in [3.8, 4) is 11.3 Å². The lowest BCUT2D eigenvalue weighted by atomic mass is 9.86. The summed E-state index contributed by atoms with van der Waals surface area (Å²) >= 11 is 0. The summed E-state index contributed by atoms with van der Waals surface area (Å²) in [6.07, 6.45) is 1.63. The molecule has 0 aliphatic rings. The molecular formula is C18H18N2. The Kier molecular flexibility index (Phi) is 3.01. The smallest absolute Gasteiger partial charge is 0.116 e. The van der Waals surface area contributed by atoms with E-state index in [2.05, 4.69) is 61.1 Å². The third kappa shape index (κ3) is 2.29. The highest BCUT2D eigenvalue weighted by Gasteiger charge is 2.13. The van der Waals surface area contributed by atoms with Crippen LogP contribution in [0.2, 0.25) is 0 Å². The molecule has 0 saturated heterocycles. The Labute approximate surface area is 119 Å². The molecule has 2 heteroatoms. The second-order valence-corrected chi connectivity index (χ2v) is 6.07. The van der Waals surface area contributed by atoms with Crippen LogP contribution in [0.4, 0.5) is 0 Å². The summed E-state index contributed by atoms with van der Waals surface area (Å²) < 4.78 is 0. The van der Waals surface area contributed by atoms with E-state index in [-0.39, 0.29) is 5.41 Å². The number of fused-ring (bicyclic) bond motifs is 1. The molecule has 0 spiro atoms. The average Bonchev–Trinajstić information content (AvgIpc) is 2.46. The number of para-hydroxylation sites is 1. The molecule has 1 heterocycles. The van der Waals surface area contributed by atoms with Crippen molar-refractivity contribution in [1.82, 2.24) is 9.97 Å². The summed E-state index contributed by atoms with van der Waals surface area (Å²) in [6, 6.07) is 16.8. The average molecular weight is 262 g/mol. The normalized spacial score (nSPS) is 11.8. The Morgan fingerprint density at radius 3 is 2.20 bits per heavy atom. The van der Waals surface area contributed by atoms with Crippen LogP contribution in [-0.2, 0) is 5.41 Å². The van der Waals surface area contributed by atoms with Gasteiger partial charge in [0.2, 0.25) is 0 Å². The number of hydrogen-bond donors (Lipinski definition) is 0. The van der Waals surface area contributed by atoms with Crippen molar-refractivity contribution >= 4 is 10.9 Å². The molecule has 0 atom stereocenters. The van der Waals surface area contributed by atoms with Gasteiger partial charge < -0.3 is 0 Å². The second kappa shape index (κ2) is 4.71. The molecule has 0 N–H and O–H groups in total. The molecule has 0 radical (unpaired) electrons. The van der Waals surface area contributed by atoms with Crippen molar-refractivity contribution in [2.75, 3.05) is 0 Å². The zero-order valence-corrected chi connectivity index (χ0v) is 12.1. The highest BCUT2D eigenvalue weighted by atomic mass is 14.8. The number of rotatable bonds is 1. The van der Waals surface area contributed by atoms with E-state index in [9.17, 15) is 0 Å². The van der Waals surface area contributed by atoms with Crippen LogP contribution in [0, 0.1) is 0 Å². The van der Waals surface area contributed by atoms with E-state index in [1.165, 1.54) is 5.56 Å². The Morgan fingerprint density at radius 1 is 0.800 bits per heavy atom. The molecule has 0 bridgehead atoms. The number of aromatic nitrogens is 2. The van der Waals surface area contributed by atoms with Crippen LogP contribution in [0.1, 0.15) is 26.3 Å². The first-order valence-corrected chi connectivity index (χ1v) is 6.86. The lowest BCUT2D eigenvalue weighted by Gasteiger charge is -2.19.